The van der Waals surface area contributed by atoms with Gasteiger partial charge in [0.25, 0.3) is 11.8 Å². The normalized spacial score (nSPS) is 15.4. The lowest BCUT2D eigenvalue weighted by molar-refractivity contribution is -0.125. The Morgan fingerprint density at radius 2 is 2.13 bits per heavy atom. The van der Waals surface area contributed by atoms with Gasteiger partial charge in [0.15, 0.2) is 0 Å². The van der Waals surface area contributed by atoms with Crippen LogP contribution in [0.3, 0.4) is 0 Å². The van der Waals surface area contributed by atoms with Crippen molar-refractivity contribution < 1.29 is 19.4 Å². The van der Waals surface area contributed by atoms with E-state index in [1.165, 1.54) is 0 Å². The molecule has 1 saturated heterocycles. The number of carbonyl (C=O) groups excluding carboxylic acids is 2. The molecule has 1 fully saturated rings. The first-order valence-corrected chi connectivity index (χ1v) is 9.83. The Morgan fingerprint density at radius 1 is 1.30 bits per heavy atom. The molecule has 0 bridgehead atoms. The molecule has 2 heterocycles. The second kappa shape index (κ2) is 8.25. The summed E-state index contributed by atoms with van der Waals surface area (Å²) in [7, 11) is 0. The molecule has 8 nitrogen and oxygen atoms in total. The lowest BCUT2D eigenvalue weighted by Crippen LogP contribution is -2.42. The third-order valence-electron chi connectivity index (χ3n) is 5.21. The van der Waals surface area contributed by atoms with E-state index in [-0.39, 0.29) is 25.0 Å². The van der Waals surface area contributed by atoms with E-state index in [4.69, 9.17) is 4.74 Å². The zero-order valence-electron chi connectivity index (χ0n) is 16.9. The number of morpholine rings is 1. The predicted molar refractivity (Wildman–Crippen MR) is 112 cm³/mol. The fraction of sp³-hybridized carbons (Fsp3) is 0.318. The Kier molecular flexibility index (Phi) is 5.52. The van der Waals surface area contributed by atoms with Crippen LogP contribution in [-0.4, -0.2) is 53.3 Å². The number of imidazole rings is 1. The number of aliphatic hydroxyl groups excluding tert-OH is 1. The maximum atomic E-state index is 12.8. The van der Waals surface area contributed by atoms with Crippen molar-refractivity contribution in [2.45, 2.75) is 19.9 Å². The highest BCUT2D eigenvalue weighted by molar-refractivity contribution is 5.98. The first-order chi connectivity index (χ1) is 14.5. The van der Waals surface area contributed by atoms with Crippen LogP contribution in [0.4, 0.5) is 5.69 Å². The number of aromatic amines is 1. The van der Waals surface area contributed by atoms with Gasteiger partial charge < -0.3 is 25.0 Å². The minimum absolute atomic E-state index is 0.0664. The molecule has 1 aliphatic heterocycles. The zero-order valence-corrected chi connectivity index (χ0v) is 16.9. The Balaban J connectivity index is 1.53. The monoisotopic (exact) mass is 408 g/mol. The molecule has 4 rings (SSSR count). The average Bonchev–Trinajstić information content (AvgIpc) is 3.15. The number of benzene rings is 2. The number of hydrogen-bond donors (Lipinski definition) is 3. The third kappa shape index (κ3) is 3.92. The van der Waals surface area contributed by atoms with E-state index in [1.54, 1.807) is 23.1 Å². The van der Waals surface area contributed by atoms with Crippen LogP contribution < -0.4 is 10.2 Å². The summed E-state index contributed by atoms with van der Waals surface area (Å²) in [6.45, 7) is 4.61. The molecule has 156 valence electrons. The molecular formula is C22H24N4O4. The van der Waals surface area contributed by atoms with Crippen LogP contribution in [-0.2, 0) is 9.53 Å². The molecule has 1 aliphatic rings. The van der Waals surface area contributed by atoms with Gasteiger partial charge in [-0.3, -0.25) is 9.59 Å². The number of carbonyl (C=O) groups is 2. The molecule has 3 aromatic rings. The molecule has 1 atom stereocenters. The quantitative estimate of drug-likeness (QED) is 0.599. The van der Waals surface area contributed by atoms with Crippen LogP contribution in [0.25, 0.3) is 11.0 Å². The Labute approximate surface area is 173 Å². The Morgan fingerprint density at radius 3 is 2.87 bits per heavy atom. The van der Waals surface area contributed by atoms with Crippen molar-refractivity contribution in [3.05, 3.63) is 58.9 Å². The summed E-state index contributed by atoms with van der Waals surface area (Å²) in [5.41, 5.74) is 4.76. The van der Waals surface area contributed by atoms with E-state index in [0.717, 1.165) is 27.8 Å². The molecule has 30 heavy (non-hydrogen) atoms. The van der Waals surface area contributed by atoms with Crippen molar-refractivity contribution >= 4 is 28.5 Å². The van der Waals surface area contributed by atoms with Crippen LogP contribution in [0.15, 0.2) is 36.4 Å². The number of nitrogens with zero attached hydrogens (tertiary/aromatic N) is 2. The highest BCUT2D eigenvalue weighted by atomic mass is 16.5. The number of amides is 2. The summed E-state index contributed by atoms with van der Waals surface area (Å²) in [4.78, 5) is 34.2. The topological polar surface area (TPSA) is 108 Å². The van der Waals surface area contributed by atoms with Gasteiger partial charge in [-0.1, -0.05) is 6.07 Å². The predicted octanol–water partition coefficient (Wildman–Crippen LogP) is 2.01. The van der Waals surface area contributed by atoms with E-state index in [1.807, 2.05) is 32.0 Å². The summed E-state index contributed by atoms with van der Waals surface area (Å²) < 4.78 is 5.17. The fourth-order valence-corrected chi connectivity index (χ4v) is 3.62. The second-order valence-corrected chi connectivity index (χ2v) is 7.45. The molecule has 1 unspecified atom stereocenters. The van der Waals surface area contributed by atoms with Crippen molar-refractivity contribution in [1.82, 2.24) is 15.3 Å². The zero-order chi connectivity index (χ0) is 21.3. The number of aliphatic hydroxyl groups is 1. The highest BCUT2D eigenvalue weighted by Gasteiger charge is 2.23. The number of rotatable bonds is 5. The number of aryl methyl sites for hydroxylation is 2. The lowest BCUT2D eigenvalue weighted by Gasteiger charge is -2.28. The van der Waals surface area contributed by atoms with Gasteiger partial charge in [0.2, 0.25) is 0 Å². The van der Waals surface area contributed by atoms with Crippen LogP contribution in [0, 0.1) is 13.8 Å². The van der Waals surface area contributed by atoms with Crippen LogP contribution >= 0.6 is 0 Å². The van der Waals surface area contributed by atoms with E-state index >= 15 is 0 Å². The lowest BCUT2D eigenvalue weighted by atomic mass is 10.1. The van der Waals surface area contributed by atoms with Crippen molar-refractivity contribution in [3.63, 3.8) is 0 Å². The number of aromatic nitrogens is 2. The largest absolute Gasteiger partial charge is 0.394 e. The van der Waals surface area contributed by atoms with Crippen molar-refractivity contribution in [3.8, 4) is 0 Å². The number of ether oxygens (including phenoxy) is 1. The summed E-state index contributed by atoms with van der Waals surface area (Å²) in [5.74, 6) is 0.0781. The van der Waals surface area contributed by atoms with Crippen LogP contribution in [0.1, 0.15) is 33.4 Å². The second-order valence-electron chi connectivity index (χ2n) is 7.45. The van der Waals surface area contributed by atoms with E-state index in [2.05, 4.69) is 15.3 Å². The summed E-state index contributed by atoms with van der Waals surface area (Å²) in [6, 6.07) is 10.4. The Hall–Kier alpha value is -3.23. The molecule has 2 amide bonds. The molecule has 1 aromatic heterocycles. The fourth-order valence-electron chi connectivity index (χ4n) is 3.62. The SMILES string of the molecule is Cc1ccc2nc(C(CO)NC(=O)c3ccc(N4CCOCC4=O)c(C)c3)[nH]c2c1. The third-order valence-corrected chi connectivity index (χ3v) is 5.21. The Bertz CT molecular complexity index is 1110. The molecule has 3 N–H and O–H groups in total. The maximum absolute atomic E-state index is 12.8. The number of nitrogens with one attached hydrogen (secondary N) is 2. The minimum atomic E-state index is -0.661. The molecule has 0 radical (unpaired) electrons. The summed E-state index contributed by atoms with van der Waals surface area (Å²) in [6.07, 6.45) is 0. The molecule has 0 aliphatic carbocycles. The van der Waals surface area contributed by atoms with Crippen LogP contribution in [0.5, 0.6) is 0 Å². The van der Waals surface area contributed by atoms with Crippen LogP contribution in [0.2, 0.25) is 0 Å². The minimum Gasteiger partial charge on any atom is -0.394 e. The molecular weight excluding hydrogens is 384 g/mol. The molecule has 2 aromatic carbocycles. The van der Waals surface area contributed by atoms with Gasteiger partial charge in [-0.15, -0.1) is 0 Å². The highest BCUT2D eigenvalue weighted by Crippen LogP contribution is 2.24. The molecule has 0 spiro atoms. The van der Waals surface area contributed by atoms with Gasteiger partial charge >= 0.3 is 0 Å². The maximum Gasteiger partial charge on any atom is 0.253 e. The number of H-pyrrole nitrogens is 1. The molecule has 0 saturated carbocycles. The average molecular weight is 408 g/mol. The van der Waals surface area contributed by atoms with Gasteiger partial charge in [0, 0.05) is 17.8 Å². The first-order valence-electron chi connectivity index (χ1n) is 9.83. The molecule has 8 heteroatoms. The number of fused-ring (bicyclic) bond motifs is 1. The van der Waals surface area contributed by atoms with E-state index in [0.29, 0.717) is 24.5 Å². The van der Waals surface area contributed by atoms with Gasteiger partial charge in [-0.25, -0.2) is 4.98 Å². The standard InChI is InChI=1S/C22H24N4O4/c1-13-3-5-16-17(9-13)24-21(23-16)18(11-27)25-22(29)15-4-6-19(14(2)10-15)26-7-8-30-12-20(26)28/h3-6,9-10,18,27H,7-8,11-12H2,1-2H3,(H,23,24)(H,25,29). The van der Waals surface area contributed by atoms with E-state index in [9.17, 15) is 14.7 Å². The van der Waals surface area contributed by atoms with Crippen molar-refractivity contribution in [2.75, 3.05) is 31.3 Å². The number of hydrogen-bond acceptors (Lipinski definition) is 5. The van der Waals surface area contributed by atoms with Gasteiger partial charge in [-0.2, -0.15) is 0 Å². The van der Waals surface area contributed by atoms with Gasteiger partial charge in [0.05, 0.1) is 24.2 Å². The van der Waals surface area contributed by atoms with Crippen molar-refractivity contribution in [2.24, 2.45) is 0 Å². The summed E-state index contributed by atoms with van der Waals surface area (Å²) >= 11 is 0. The number of anilines is 1. The van der Waals surface area contributed by atoms with Gasteiger partial charge in [0.1, 0.15) is 18.5 Å². The van der Waals surface area contributed by atoms with Crippen molar-refractivity contribution in [1.29, 1.82) is 0 Å². The smallest absolute Gasteiger partial charge is 0.253 e. The first kappa shape index (κ1) is 20.1. The van der Waals surface area contributed by atoms with Gasteiger partial charge in [-0.05, 0) is 55.3 Å². The summed E-state index contributed by atoms with van der Waals surface area (Å²) in [5, 5.41) is 12.6. The van der Waals surface area contributed by atoms with E-state index < -0.39 is 6.04 Å².